The van der Waals surface area contributed by atoms with Crippen molar-refractivity contribution in [2.45, 2.75) is 71.2 Å². The summed E-state index contributed by atoms with van der Waals surface area (Å²) < 4.78 is 47.4. The van der Waals surface area contributed by atoms with Crippen LogP contribution in [0.15, 0.2) is 84.1 Å². The minimum atomic E-state index is -4.79. The number of ether oxygens (including phenoxy) is 2. The topological polar surface area (TPSA) is 108 Å². The molecule has 254 valence electrons. The molecule has 0 saturated heterocycles. The fourth-order valence-corrected chi connectivity index (χ4v) is 5.32. The Bertz CT molecular complexity index is 1690. The van der Waals surface area contributed by atoms with E-state index >= 15 is 0 Å². The molecule has 0 amide bonds. The summed E-state index contributed by atoms with van der Waals surface area (Å²) >= 11 is 0. The maximum Gasteiger partial charge on any atom is 0.573 e. The van der Waals surface area contributed by atoms with Crippen LogP contribution >= 0.6 is 0 Å². The summed E-state index contributed by atoms with van der Waals surface area (Å²) in [5.41, 5.74) is 8.29. The third-order valence-corrected chi connectivity index (χ3v) is 8.09. The second kappa shape index (κ2) is 15.7. The Morgan fingerprint density at radius 2 is 1.73 bits per heavy atom. The van der Waals surface area contributed by atoms with Gasteiger partial charge in [-0.15, -0.1) is 13.2 Å². The maximum atomic E-state index is 12.7. The highest BCUT2D eigenvalue weighted by atomic mass is 19.4. The molecule has 1 aliphatic carbocycles. The number of carbonyl (C=O) groups is 1. The lowest BCUT2D eigenvalue weighted by molar-refractivity contribution is -0.274. The van der Waals surface area contributed by atoms with Crippen molar-refractivity contribution >= 4 is 28.6 Å². The molecule has 0 radical (unpaired) electrons. The lowest BCUT2D eigenvalue weighted by Crippen LogP contribution is -2.29. The molecule has 4 aromatic rings. The number of unbranched alkanes of at least 4 members (excludes halogenated alkanes) is 1. The van der Waals surface area contributed by atoms with E-state index in [1.54, 1.807) is 47.7 Å². The minimum absolute atomic E-state index is 0.0261. The molecule has 12 heteroatoms. The molecule has 3 aromatic carbocycles. The molecule has 1 fully saturated rings. The molecule has 5 rings (SSSR count). The van der Waals surface area contributed by atoms with Crippen molar-refractivity contribution in [3.8, 4) is 11.5 Å². The highest BCUT2D eigenvalue weighted by Gasteiger charge is 2.32. The zero-order valence-corrected chi connectivity index (χ0v) is 26.9. The van der Waals surface area contributed by atoms with E-state index in [0.29, 0.717) is 28.6 Å². The van der Waals surface area contributed by atoms with Crippen LogP contribution in [0.2, 0.25) is 0 Å². The summed E-state index contributed by atoms with van der Waals surface area (Å²) in [6.07, 6.45) is 2.11. The zero-order chi connectivity index (χ0) is 34.1. The number of rotatable bonds is 15. The normalized spacial score (nSPS) is 14.0. The van der Waals surface area contributed by atoms with Crippen molar-refractivity contribution < 1.29 is 37.1 Å². The van der Waals surface area contributed by atoms with Gasteiger partial charge in [0.25, 0.3) is 0 Å². The molecule has 1 heterocycles. The van der Waals surface area contributed by atoms with Crippen LogP contribution in [0.5, 0.6) is 11.5 Å². The van der Waals surface area contributed by atoms with Gasteiger partial charge in [-0.2, -0.15) is 5.06 Å². The lowest BCUT2D eigenvalue weighted by atomic mass is 10.0. The first-order valence-electron chi connectivity index (χ1n) is 16.1. The lowest BCUT2D eigenvalue weighted by Gasteiger charge is -2.26. The average Bonchev–Trinajstić information content (AvgIpc) is 3.92. The Kier molecular flexibility index (Phi) is 11.3. The standard InChI is InChI=1S/C36H39F3N4O5/c1-3-5-8-24(4-2)23-45-35(44)47-42-33(40)27-15-19-30(20-16-27)48-43(22-25-11-17-29(18-12-25)46-36(37,38)39)34-32(26-13-14-26)31-10-7-6-9-28(31)21-41-34/h6-7,9-12,15-21,24,26H,3-5,8,13-14,22-23H2,1-2H3,(H2,40,42). The van der Waals surface area contributed by atoms with Crippen LogP contribution in [0.4, 0.5) is 23.8 Å². The number of anilines is 1. The van der Waals surface area contributed by atoms with Crippen LogP contribution in [0.1, 0.15) is 75.0 Å². The van der Waals surface area contributed by atoms with Gasteiger partial charge in [0.1, 0.15) is 5.75 Å². The second-order valence-electron chi connectivity index (χ2n) is 11.7. The molecule has 0 bridgehead atoms. The molecule has 1 atom stereocenters. The number of aromatic nitrogens is 1. The number of hydroxylamine groups is 1. The van der Waals surface area contributed by atoms with Gasteiger partial charge in [0.15, 0.2) is 17.4 Å². The molecular formula is C36H39F3N4O5. The van der Waals surface area contributed by atoms with Gasteiger partial charge in [-0.25, -0.2) is 9.78 Å². The summed E-state index contributed by atoms with van der Waals surface area (Å²) in [5.74, 6) is 1.29. The molecule has 0 aliphatic heterocycles. The summed E-state index contributed by atoms with van der Waals surface area (Å²) in [7, 11) is 0. The number of halogens is 3. The van der Waals surface area contributed by atoms with Crippen molar-refractivity contribution in [3.63, 3.8) is 0 Å². The predicted molar refractivity (Wildman–Crippen MR) is 177 cm³/mol. The van der Waals surface area contributed by atoms with Crippen LogP contribution in [0.25, 0.3) is 10.8 Å². The molecule has 0 spiro atoms. The van der Waals surface area contributed by atoms with Crippen molar-refractivity contribution in [2.75, 3.05) is 11.7 Å². The van der Waals surface area contributed by atoms with E-state index in [2.05, 4.69) is 29.8 Å². The fourth-order valence-electron chi connectivity index (χ4n) is 5.32. The van der Waals surface area contributed by atoms with Crippen LogP contribution in [-0.2, 0) is 16.1 Å². The number of amidine groups is 1. The molecular weight excluding hydrogens is 625 g/mol. The van der Waals surface area contributed by atoms with Crippen LogP contribution in [0, 0.1) is 5.92 Å². The SMILES string of the molecule is CCCCC(CC)COC(=O)O/N=C(\N)c1ccc(ON(Cc2ccc(OC(F)(F)F)cc2)c2ncc3ccccc3c2C2CC2)cc1. The van der Waals surface area contributed by atoms with Gasteiger partial charge in [-0.1, -0.05) is 74.7 Å². The third kappa shape index (κ3) is 9.52. The Balaban J connectivity index is 1.33. The molecule has 1 saturated carbocycles. The number of carbonyl (C=O) groups excluding carboxylic acids is 1. The number of benzene rings is 3. The summed E-state index contributed by atoms with van der Waals surface area (Å²) in [4.78, 5) is 28.1. The van der Waals surface area contributed by atoms with Gasteiger partial charge in [0.2, 0.25) is 0 Å². The van der Waals surface area contributed by atoms with Crippen molar-refractivity contribution in [3.05, 3.63) is 95.7 Å². The van der Waals surface area contributed by atoms with E-state index in [4.69, 9.17) is 25.1 Å². The van der Waals surface area contributed by atoms with E-state index in [1.165, 1.54) is 12.1 Å². The van der Waals surface area contributed by atoms with E-state index in [-0.39, 0.29) is 30.7 Å². The largest absolute Gasteiger partial charge is 0.573 e. The third-order valence-electron chi connectivity index (χ3n) is 8.09. The smallest absolute Gasteiger partial charge is 0.432 e. The Labute approximate surface area is 277 Å². The number of alkyl halides is 3. The first-order valence-corrected chi connectivity index (χ1v) is 16.1. The highest BCUT2D eigenvalue weighted by molar-refractivity contribution is 5.97. The summed E-state index contributed by atoms with van der Waals surface area (Å²) in [6.45, 7) is 4.60. The Morgan fingerprint density at radius 1 is 1.02 bits per heavy atom. The summed E-state index contributed by atoms with van der Waals surface area (Å²) in [6, 6.07) is 20.3. The van der Waals surface area contributed by atoms with E-state index in [1.807, 2.05) is 18.2 Å². The Morgan fingerprint density at radius 3 is 2.40 bits per heavy atom. The monoisotopic (exact) mass is 664 g/mol. The van der Waals surface area contributed by atoms with Crippen molar-refractivity contribution in [1.82, 2.24) is 4.98 Å². The maximum absolute atomic E-state index is 12.7. The number of oxime groups is 1. The van der Waals surface area contributed by atoms with Gasteiger partial charge < -0.3 is 20.0 Å². The number of nitrogens with zero attached hydrogens (tertiary/aromatic N) is 3. The van der Waals surface area contributed by atoms with Crippen molar-refractivity contribution in [2.24, 2.45) is 16.8 Å². The first-order chi connectivity index (χ1) is 23.1. The van der Waals surface area contributed by atoms with Crippen molar-refractivity contribution in [1.29, 1.82) is 0 Å². The van der Waals surface area contributed by atoms with Gasteiger partial charge in [-0.3, -0.25) is 4.84 Å². The number of hydrogen-bond donors (Lipinski definition) is 1. The predicted octanol–water partition coefficient (Wildman–Crippen LogP) is 9.00. The quantitative estimate of drug-likeness (QED) is 0.0441. The molecule has 2 N–H and O–H groups in total. The molecule has 9 nitrogen and oxygen atoms in total. The fraction of sp³-hybridized carbons (Fsp3) is 0.361. The van der Waals surface area contributed by atoms with E-state index in [9.17, 15) is 18.0 Å². The summed E-state index contributed by atoms with van der Waals surface area (Å²) in [5, 5.41) is 7.43. The average molecular weight is 665 g/mol. The van der Waals surface area contributed by atoms with E-state index in [0.717, 1.165) is 54.9 Å². The molecule has 48 heavy (non-hydrogen) atoms. The molecule has 1 aliphatic rings. The molecule has 1 aromatic heterocycles. The second-order valence-corrected chi connectivity index (χ2v) is 11.7. The van der Waals surface area contributed by atoms with Crippen LogP contribution in [0.3, 0.4) is 0 Å². The van der Waals surface area contributed by atoms with Gasteiger partial charge >= 0.3 is 12.5 Å². The molecule has 1 unspecified atom stereocenters. The zero-order valence-electron chi connectivity index (χ0n) is 26.9. The van der Waals surface area contributed by atoms with Crippen LogP contribution < -0.4 is 20.4 Å². The van der Waals surface area contributed by atoms with E-state index < -0.39 is 12.5 Å². The van der Waals surface area contributed by atoms with Crippen LogP contribution in [-0.4, -0.2) is 29.9 Å². The number of fused-ring (bicyclic) bond motifs is 1. The highest BCUT2D eigenvalue weighted by Crippen LogP contribution is 2.47. The minimum Gasteiger partial charge on any atom is -0.432 e. The van der Waals surface area contributed by atoms with Gasteiger partial charge in [0.05, 0.1) is 13.2 Å². The Hall–Kier alpha value is -5.00. The number of hydrogen-bond acceptors (Lipinski definition) is 8. The van der Waals surface area contributed by atoms with Gasteiger partial charge in [-0.05, 0) is 78.4 Å². The first kappa shape index (κ1) is 34.3. The number of nitrogens with two attached hydrogens (primary N) is 1. The number of pyridine rings is 1. The van der Waals surface area contributed by atoms with Gasteiger partial charge in [0, 0.05) is 22.7 Å².